The maximum atomic E-state index is 12.8. The van der Waals surface area contributed by atoms with E-state index in [1.54, 1.807) is 29.2 Å². The second-order valence-electron chi connectivity index (χ2n) is 5.17. The van der Waals surface area contributed by atoms with Crippen LogP contribution in [0.3, 0.4) is 0 Å². The predicted molar refractivity (Wildman–Crippen MR) is 101 cm³/mol. The summed E-state index contributed by atoms with van der Waals surface area (Å²) >= 11 is 7.33. The third-order valence-corrected chi connectivity index (χ3v) is 4.52. The standard InChI is InChI=1S/C19H15ClN2OS/c1-14-13-24-19(21-14)22(17-5-3-2-4-6-17)18(23)12-9-15-7-10-16(20)11-8-15/h2-13H,1H3/b12-9+. The van der Waals surface area contributed by atoms with E-state index in [2.05, 4.69) is 4.98 Å². The number of aryl methyl sites for hydroxylation is 1. The van der Waals surface area contributed by atoms with Crippen molar-refractivity contribution in [3.05, 3.63) is 82.3 Å². The first kappa shape index (κ1) is 16.4. The van der Waals surface area contributed by atoms with Crippen molar-refractivity contribution in [1.82, 2.24) is 4.98 Å². The average molecular weight is 355 g/mol. The molecule has 0 radical (unpaired) electrons. The van der Waals surface area contributed by atoms with Crippen molar-refractivity contribution in [2.75, 3.05) is 4.90 Å². The van der Waals surface area contributed by atoms with Crippen molar-refractivity contribution in [3.63, 3.8) is 0 Å². The van der Waals surface area contributed by atoms with Crippen LogP contribution in [0.25, 0.3) is 6.08 Å². The molecule has 3 aromatic rings. The second-order valence-corrected chi connectivity index (χ2v) is 6.44. The van der Waals surface area contributed by atoms with Gasteiger partial charge < -0.3 is 0 Å². The van der Waals surface area contributed by atoms with Crippen molar-refractivity contribution < 1.29 is 4.79 Å². The minimum Gasteiger partial charge on any atom is -0.269 e. The quantitative estimate of drug-likeness (QED) is 0.581. The van der Waals surface area contributed by atoms with Crippen molar-refractivity contribution >= 4 is 45.7 Å². The number of carbonyl (C=O) groups excluding carboxylic acids is 1. The molecular formula is C19H15ClN2OS. The molecule has 0 spiro atoms. The van der Waals surface area contributed by atoms with Crippen LogP contribution in [0.1, 0.15) is 11.3 Å². The molecular weight excluding hydrogens is 340 g/mol. The summed E-state index contributed by atoms with van der Waals surface area (Å²) in [6, 6.07) is 16.8. The Labute approximate surface area is 149 Å². The number of amides is 1. The first-order valence-corrected chi connectivity index (χ1v) is 8.64. The van der Waals surface area contributed by atoms with Crippen LogP contribution in [0.4, 0.5) is 10.8 Å². The zero-order valence-corrected chi connectivity index (χ0v) is 14.6. The van der Waals surface area contributed by atoms with Gasteiger partial charge in [0.15, 0.2) is 5.13 Å². The van der Waals surface area contributed by atoms with Gasteiger partial charge in [-0.05, 0) is 42.8 Å². The highest BCUT2D eigenvalue weighted by Crippen LogP contribution is 2.28. The molecule has 0 aliphatic heterocycles. The van der Waals surface area contributed by atoms with Gasteiger partial charge in [0.1, 0.15) is 0 Å². The number of aromatic nitrogens is 1. The summed E-state index contributed by atoms with van der Waals surface area (Å²) in [7, 11) is 0. The van der Waals surface area contributed by atoms with E-state index in [9.17, 15) is 4.79 Å². The smallest absolute Gasteiger partial charge is 0.257 e. The van der Waals surface area contributed by atoms with Crippen LogP contribution >= 0.6 is 22.9 Å². The molecule has 0 bridgehead atoms. The van der Waals surface area contributed by atoms with Crippen LogP contribution in [0, 0.1) is 6.92 Å². The van der Waals surface area contributed by atoms with E-state index in [-0.39, 0.29) is 5.91 Å². The highest BCUT2D eigenvalue weighted by molar-refractivity contribution is 7.14. The molecule has 3 nitrogen and oxygen atoms in total. The number of nitrogens with zero attached hydrogens (tertiary/aromatic N) is 2. The van der Waals surface area contributed by atoms with Gasteiger partial charge in [0, 0.05) is 16.5 Å². The molecule has 2 aromatic carbocycles. The Morgan fingerprint density at radius 2 is 1.83 bits per heavy atom. The fraction of sp³-hybridized carbons (Fsp3) is 0.0526. The highest BCUT2D eigenvalue weighted by Gasteiger charge is 2.18. The second kappa shape index (κ2) is 7.43. The molecule has 3 rings (SSSR count). The maximum absolute atomic E-state index is 12.8. The molecule has 120 valence electrons. The summed E-state index contributed by atoms with van der Waals surface area (Å²) in [5.74, 6) is -0.148. The van der Waals surface area contributed by atoms with Gasteiger partial charge in [-0.2, -0.15) is 0 Å². The van der Waals surface area contributed by atoms with Gasteiger partial charge in [-0.3, -0.25) is 9.69 Å². The first-order chi connectivity index (χ1) is 11.6. The molecule has 0 fully saturated rings. The number of carbonyl (C=O) groups is 1. The third-order valence-electron chi connectivity index (χ3n) is 3.32. The van der Waals surface area contributed by atoms with Crippen LogP contribution in [-0.4, -0.2) is 10.9 Å². The number of anilines is 2. The molecule has 0 saturated carbocycles. The Bertz CT molecular complexity index is 857. The molecule has 5 heteroatoms. The van der Waals surface area contributed by atoms with Gasteiger partial charge in [0.05, 0.1) is 11.4 Å². The third kappa shape index (κ3) is 3.91. The lowest BCUT2D eigenvalue weighted by molar-refractivity contribution is -0.113. The molecule has 0 unspecified atom stereocenters. The number of halogens is 1. The number of hydrogen-bond donors (Lipinski definition) is 0. The molecule has 0 atom stereocenters. The van der Waals surface area contributed by atoms with Crippen LogP contribution in [0.15, 0.2) is 66.1 Å². The lowest BCUT2D eigenvalue weighted by atomic mass is 10.2. The minimum absolute atomic E-state index is 0.148. The molecule has 0 saturated heterocycles. The molecule has 1 heterocycles. The van der Waals surface area contributed by atoms with Crippen molar-refractivity contribution in [2.45, 2.75) is 6.92 Å². The number of rotatable bonds is 4. The molecule has 1 amide bonds. The van der Waals surface area contributed by atoms with Gasteiger partial charge >= 0.3 is 0 Å². The summed E-state index contributed by atoms with van der Waals surface area (Å²) in [5.41, 5.74) is 2.60. The highest BCUT2D eigenvalue weighted by atomic mass is 35.5. The van der Waals surface area contributed by atoms with E-state index >= 15 is 0 Å². The Morgan fingerprint density at radius 1 is 1.12 bits per heavy atom. The van der Waals surface area contributed by atoms with E-state index in [0.717, 1.165) is 16.9 Å². The Balaban J connectivity index is 1.90. The Hall–Kier alpha value is -2.43. The van der Waals surface area contributed by atoms with Crippen LogP contribution in [0.2, 0.25) is 5.02 Å². The van der Waals surface area contributed by atoms with Gasteiger partial charge in [-0.1, -0.05) is 41.9 Å². The number of hydrogen-bond acceptors (Lipinski definition) is 3. The number of para-hydroxylation sites is 1. The van der Waals surface area contributed by atoms with Gasteiger partial charge in [-0.25, -0.2) is 4.98 Å². The fourth-order valence-electron chi connectivity index (χ4n) is 2.17. The van der Waals surface area contributed by atoms with E-state index in [1.165, 1.54) is 11.3 Å². The topological polar surface area (TPSA) is 33.2 Å². The van der Waals surface area contributed by atoms with Crippen LogP contribution < -0.4 is 4.90 Å². The normalized spacial score (nSPS) is 10.9. The van der Waals surface area contributed by atoms with E-state index in [1.807, 2.05) is 54.8 Å². The van der Waals surface area contributed by atoms with Gasteiger partial charge in [0.2, 0.25) is 0 Å². The first-order valence-electron chi connectivity index (χ1n) is 7.38. The van der Waals surface area contributed by atoms with E-state index < -0.39 is 0 Å². The molecule has 0 aliphatic carbocycles. The van der Waals surface area contributed by atoms with E-state index in [4.69, 9.17) is 11.6 Å². The molecule has 1 aromatic heterocycles. The summed E-state index contributed by atoms with van der Waals surface area (Å²) in [5, 5.41) is 3.26. The summed E-state index contributed by atoms with van der Waals surface area (Å²) in [6.07, 6.45) is 3.32. The molecule has 24 heavy (non-hydrogen) atoms. The molecule has 0 N–H and O–H groups in total. The zero-order chi connectivity index (χ0) is 16.9. The van der Waals surface area contributed by atoms with E-state index in [0.29, 0.717) is 10.2 Å². The Morgan fingerprint density at radius 3 is 2.46 bits per heavy atom. The zero-order valence-electron chi connectivity index (χ0n) is 13.0. The summed E-state index contributed by atoms with van der Waals surface area (Å²) < 4.78 is 0. The van der Waals surface area contributed by atoms with Crippen molar-refractivity contribution in [3.8, 4) is 0 Å². The number of thiazole rings is 1. The predicted octanol–water partition coefficient (Wildman–Crippen LogP) is 5.48. The summed E-state index contributed by atoms with van der Waals surface area (Å²) in [6.45, 7) is 1.91. The maximum Gasteiger partial charge on any atom is 0.257 e. The largest absolute Gasteiger partial charge is 0.269 e. The monoisotopic (exact) mass is 354 g/mol. The fourth-order valence-corrected chi connectivity index (χ4v) is 3.12. The SMILES string of the molecule is Cc1csc(N(C(=O)/C=C/c2ccc(Cl)cc2)c2ccccc2)n1. The molecule has 0 aliphatic rings. The van der Waals surface area contributed by atoms with Crippen molar-refractivity contribution in [1.29, 1.82) is 0 Å². The lowest BCUT2D eigenvalue weighted by Crippen LogP contribution is -2.23. The van der Waals surface area contributed by atoms with Crippen LogP contribution in [0.5, 0.6) is 0 Å². The minimum atomic E-state index is -0.148. The average Bonchev–Trinajstić information content (AvgIpc) is 3.01. The number of benzene rings is 2. The van der Waals surface area contributed by atoms with Crippen LogP contribution in [-0.2, 0) is 4.79 Å². The lowest BCUT2D eigenvalue weighted by Gasteiger charge is -2.18. The van der Waals surface area contributed by atoms with Crippen molar-refractivity contribution in [2.24, 2.45) is 0 Å². The van der Waals surface area contributed by atoms with Gasteiger partial charge in [-0.15, -0.1) is 11.3 Å². The summed E-state index contributed by atoms with van der Waals surface area (Å²) in [4.78, 5) is 18.8. The van der Waals surface area contributed by atoms with Gasteiger partial charge in [0.25, 0.3) is 5.91 Å². The Kier molecular flexibility index (Phi) is 5.08.